The van der Waals surface area contributed by atoms with E-state index in [0.717, 1.165) is 0 Å². The van der Waals surface area contributed by atoms with Crippen LogP contribution < -0.4 is 0 Å². The van der Waals surface area contributed by atoms with Gasteiger partial charge in [0.05, 0.1) is 12.0 Å². The normalized spacial score (nSPS) is 11.6. The van der Waals surface area contributed by atoms with E-state index in [1.165, 1.54) is 16.8 Å². The molecule has 6 nitrogen and oxygen atoms in total. The number of hydrogen-bond acceptors (Lipinski definition) is 4. The lowest BCUT2D eigenvalue weighted by Gasteiger charge is -2.26. The molecule has 0 unspecified atom stereocenters. The second-order valence-electron chi connectivity index (χ2n) is 4.96. The molecule has 7 heteroatoms. The molecule has 112 valence electrons. The van der Waals surface area contributed by atoms with Crippen LogP contribution in [0.4, 0.5) is 4.39 Å². The van der Waals surface area contributed by atoms with E-state index >= 15 is 0 Å². The lowest BCUT2D eigenvalue weighted by molar-refractivity contribution is -0.150. The van der Waals surface area contributed by atoms with Gasteiger partial charge in [0.1, 0.15) is 5.82 Å². The predicted molar refractivity (Wildman–Crippen MR) is 73.9 cm³/mol. The fourth-order valence-electron chi connectivity index (χ4n) is 2.25. The van der Waals surface area contributed by atoms with Gasteiger partial charge in [0.25, 0.3) is 0 Å². The summed E-state index contributed by atoms with van der Waals surface area (Å²) in [5, 5.41) is 20.9. The van der Waals surface area contributed by atoms with Gasteiger partial charge in [0.15, 0.2) is 5.82 Å². The molecule has 0 aliphatic carbocycles. The third kappa shape index (κ3) is 2.91. The molecule has 1 N–H and O–H groups in total. The molecule has 0 atom stereocenters. The number of aromatic nitrogens is 4. The van der Waals surface area contributed by atoms with Crippen molar-refractivity contribution in [3.8, 4) is 11.4 Å². The fraction of sp³-hybridized carbons (Fsp3) is 0.429. The van der Waals surface area contributed by atoms with Crippen LogP contribution >= 0.6 is 0 Å². The van der Waals surface area contributed by atoms with Crippen LogP contribution in [0.5, 0.6) is 0 Å². The molecule has 1 heterocycles. The number of aliphatic carboxylic acids is 1. The predicted octanol–water partition coefficient (Wildman–Crippen LogP) is 2.37. The first kappa shape index (κ1) is 15.1. The summed E-state index contributed by atoms with van der Waals surface area (Å²) in [7, 11) is 0. The van der Waals surface area contributed by atoms with Crippen LogP contribution in [0.25, 0.3) is 11.4 Å². The number of benzene rings is 1. The zero-order valence-electron chi connectivity index (χ0n) is 12.0. The zero-order chi connectivity index (χ0) is 15.5. The number of tetrazole rings is 1. The summed E-state index contributed by atoms with van der Waals surface area (Å²) in [6.45, 7) is 3.84. The quantitative estimate of drug-likeness (QED) is 0.884. The van der Waals surface area contributed by atoms with Crippen molar-refractivity contribution in [2.24, 2.45) is 5.41 Å². The lowest BCUT2D eigenvalue weighted by atomic mass is 9.82. The summed E-state index contributed by atoms with van der Waals surface area (Å²) in [4.78, 5) is 11.6. The van der Waals surface area contributed by atoms with Crippen LogP contribution in [0, 0.1) is 11.2 Å². The molecular weight excluding hydrogens is 275 g/mol. The minimum Gasteiger partial charge on any atom is -0.481 e. The van der Waals surface area contributed by atoms with E-state index in [2.05, 4.69) is 15.5 Å². The Kier molecular flexibility index (Phi) is 4.30. The smallest absolute Gasteiger partial charge is 0.311 e. The highest BCUT2D eigenvalue weighted by atomic mass is 19.1. The summed E-state index contributed by atoms with van der Waals surface area (Å²) in [6.07, 6.45) is 0.948. The highest BCUT2D eigenvalue weighted by Crippen LogP contribution is 2.30. The molecule has 0 spiro atoms. The molecule has 0 aliphatic rings. The van der Waals surface area contributed by atoms with Crippen molar-refractivity contribution in [3.05, 3.63) is 30.1 Å². The number of rotatable bonds is 6. The van der Waals surface area contributed by atoms with E-state index < -0.39 is 11.4 Å². The molecule has 2 aromatic rings. The molecule has 0 saturated carbocycles. The Balaban J connectivity index is 2.36. The number of carboxylic acids is 1. The third-order valence-electron chi connectivity index (χ3n) is 3.89. The van der Waals surface area contributed by atoms with Gasteiger partial charge >= 0.3 is 5.97 Å². The van der Waals surface area contributed by atoms with Gasteiger partial charge in [-0.3, -0.25) is 4.79 Å². The first-order chi connectivity index (χ1) is 10.0. The van der Waals surface area contributed by atoms with Crippen LogP contribution in [-0.2, 0) is 11.3 Å². The van der Waals surface area contributed by atoms with E-state index in [1.807, 2.05) is 13.8 Å². The molecule has 0 radical (unpaired) electrons. The van der Waals surface area contributed by atoms with E-state index in [4.69, 9.17) is 0 Å². The van der Waals surface area contributed by atoms with Crippen molar-refractivity contribution >= 4 is 5.97 Å². The maximum atomic E-state index is 13.0. The van der Waals surface area contributed by atoms with Gasteiger partial charge in [-0.15, -0.1) is 5.10 Å². The Labute approximate surface area is 121 Å². The molecule has 1 aromatic heterocycles. The second-order valence-corrected chi connectivity index (χ2v) is 4.96. The number of hydrogen-bond donors (Lipinski definition) is 1. The minimum absolute atomic E-state index is 0.176. The van der Waals surface area contributed by atoms with Crippen LogP contribution in [-0.4, -0.2) is 31.3 Å². The van der Waals surface area contributed by atoms with Crippen LogP contribution in [0.1, 0.15) is 26.7 Å². The van der Waals surface area contributed by atoms with Crippen molar-refractivity contribution < 1.29 is 14.3 Å². The largest absolute Gasteiger partial charge is 0.481 e. The molecule has 2 rings (SSSR count). The monoisotopic (exact) mass is 292 g/mol. The number of carboxylic acid groups (broad SMARTS) is 1. The molecule has 0 saturated heterocycles. The van der Waals surface area contributed by atoms with Gasteiger partial charge < -0.3 is 5.11 Å². The topological polar surface area (TPSA) is 80.9 Å². The van der Waals surface area contributed by atoms with Gasteiger partial charge in [-0.25, -0.2) is 9.07 Å². The third-order valence-corrected chi connectivity index (χ3v) is 3.89. The average Bonchev–Trinajstić information content (AvgIpc) is 2.93. The van der Waals surface area contributed by atoms with Crippen molar-refractivity contribution in [3.63, 3.8) is 0 Å². The Morgan fingerprint density at radius 1 is 1.29 bits per heavy atom. The van der Waals surface area contributed by atoms with Gasteiger partial charge in [0, 0.05) is 5.56 Å². The summed E-state index contributed by atoms with van der Waals surface area (Å²) in [6, 6.07) is 5.77. The number of nitrogens with zero attached hydrogens (tertiary/aromatic N) is 4. The van der Waals surface area contributed by atoms with Crippen molar-refractivity contribution in [1.82, 2.24) is 20.2 Å². The van der Waals surface area contributed by atoms with Crippen molar-refractivity contribution in [2.75, 3.05) is 0 Å². The van der Waals surface area contributed by atoms with Gasteiger partial charge in [0.2, 0.25) is 0 Å². The van der Waals surface area contributed by atoms with Gasteiger partial charge in [-0.05, 0) is 47.5 Å². The van der Waals surface area contributed by atoms with Crippen molar-refractivity contribution in [1.29, 1.82) is 0 Å². The van der Waals surface area contributed by atoms with Crippen molar-refractivity contribution in [2.45, 2.75) is 33.2 Å². The fourth-order valence-corrected chi connectivity index (χ4v) is 2.25. The van der Waals surface area contributed by atoms with E-state index in [9.17, 15) is 14.3 Å². The SMILES string of the molecule is CCC(CC)(Cn1nnnc1-c1ccc(F)cc1)C(=O)O. The first-order valence-electron chi connectivity index (χ1n) is 6.78. The Bertz CT molecular complexity index is 620. The highest BCUT2D eigenvalue weighted by Gasteiger charge is 2.36. The van der Waals surface area contributed by atoms with E-state index in [0.29, 0.717) is 24.2 Å². The first-order valence-corrected chi connectivity index (χ1v) is 6.78. The molecule has 0 aliphatic heterocycles. The maximum Gasteiger partial charge on any atom is 0.311 e. The van der Waals surface area contributed by atoms with Gasteiger partial charge in [-0.1, -0.05) is 13.8 Å². The summed E-state index contributed by atoms with van der Waals surface area (Å²) < 4.78 is 14.4. The molecular formula is C14H17FN4O2. The average molecular weight is 292 g/mol. The van der Waals surface area contributed by atoms with Crippen LogP contribution in [0.2, 0.25) is 0 Å². The molecule has 0 fully saturated rings. The summed E-state index contributed by atoms with van der Waals surface area (Å²) in [5.74, 6) is -0.782. The Hall–Kier alpha value is -2.31. The summed E-state index contributed by atoms with van der Waals surface area (Å²) >= 11 is 0. The summed E-state index contributed by atoms with van der Waals surface area (Å²) in [5.41, 5.74) is -0.266. The maximum absolute atomic E-state index is 13.0. The Morgan fingerprint density at radius 2 is 1.90 bits per heavy atom. The Morgan fingerprint density at radius 3 is 2.43 bits per heavy atom. The molecule has 1 aromatic carbocycles. The molecule has 0 bridgehead atoms. The number of carbonyl (C=O) groups is 1. The van der Waals surface area contributed by atoms with E-state index in [-0.39, 0.29) is 12.4 Å². The highest BCUT2D eigenvalue weighted by molar-refractivity contribution is 5.74. The molecule has 0 amide bonds. The van der Waals surface area contributed by atoms with Crippen LogP contribution in [0.3, 0.4) is 0 Å². The van der Waals surface area contributed by atoms with E-state index in [1.54, 1.807) is 12.1 Å². The second kappa shape index (κ2) is 5.99. The van der Waals surface area contributed by atoms with Crippen LogP contribution in [0.15, 0.2) is 24.3 Å². The minimum atomic E-state index is -0.913. The number of halogens is 1. The standard InChI is InChI=1S/C14H17FN4O2/c1-3-14(4-2,13(20)21)9-19-12(16-17-18-19)10-5-7-11(15)8-6-10/h5-8H,3-4,9H2,1-2H3,(H,20,21). The molecule has 21 heavy (non-hydrogen) atoms. The van der Waals surface area contributed by atoms with Gasteiger partial charge in [-0.2, -0.15) is 0 Å². The lowest BCUT2D eigenvalue weighted by Crippen LogP contribution is -2.35. The zero-order valence-corrected chi connectivity index (χ0v) is 12.0.